The lowest BCUT2D eigenvalue weighted by atomic mass is 10.3. The topological polar surface area (TPSA) is 24.1 Å². The van der Waals surface area contributed by atoms with Crippen molar-refractivity contribution in [3.63, 3.8) is 0 Å². The van der Waals surface area contributed by atoms with Crippen molar-refractivity contribution in [1.82, 2.24) is 5.32 Å². The average molecular weight is 342 g/mol. The van der Waals surface area contributed by atoms with Crippen LogP contribution in [0.25, 0.3) is 0 Å². The van der Waals surface area contributed by atoms with Gasteiger partial charge < -0.3 is 10.6 Å². The number of nitrogens with one attached hydrogen (secondary N) is 2. The van der Waals surface area contributed by atoms with E-state index >= 15 is 0 Å². The zero-order valence-electron chi connectivity index (χ0n) is 8.61. The lowest BCUT2D eigenvalue weighted by Crippen LogP contribution is -2.29. The van der Waals surface area contributed by atoms with Crippen LogP contribution in [0.1, 0.15) is 13.3 Å². The highest BCUT2D eigenvalue weighted by Gasteiger charge is 2.08. The molecule has 2 nitrogen and oxygen atoms in total. The van der Waals surface area contributed by atoms with Crippen LogP contribution < -0.4 is 10.6 Å². The predicted molar refractivity (Wildman–Crippen MR) is 78.7 cm³/mol. The van der Waals surface area contributed by atoms with E-state index in [1.807, 2.05) is 0 Å². The minimum absolute atomic E-state index is 0.521. The third-order valence-electron chi connectivity index (χ3n) is 1.78. The van der Waals surface area contributed by atoms with Crippen molar-refractivity contribution >= 4 is 62.1 Å². The summed E-state index contributed by atoms with van der Waals surface area (Å²) >= 11 is 20.5. The van der Waals surface area contributed by atoms with Crippen molar-refractivity contribution in [3.8, 4) is 0 Å². The molecule has 0 spiro atoms. The highest BCUT2D eigenvalue weighted by Crippen LogP contribution is 2.33. The average Bonchev–Trinajstić information content (AvgIpc) is 2.20. The van der Waals surface area contributed by atoms with Gasteiger partial charge in [0, 0.05) is 11.0 Å². The van der Waals surface area contributed by atoms with Crippen molar-refractivity contribution in [2.75, 3.05) is 11.9 Å². The molecule has 0 bridgehead atoms. The molecule has 0 aliphatic heterocycles. The van der Waals surface area contributed by atoms with E-state index in [4.69, 9.17) is 35.4 Å². The molecule has 0 aliphatic rings. The molecule has 1 rings (SSSR count). The van der Waals surface area contributed by atoms with E-state index in [9.17, 15) is 0 Å². The molecule has 1 aromatic rings. The normalized spacial score (nSPS) is 10.0. The zero-order valence-corrected chi connectivity index (χ0v) is 12.5. The fourth-order valence-corrected chi connectivity index (χ4v) is 2.56. The fourth-order valence-electron chi connectivity index (χ4n) is 1.06. The Morgan fingerprint density at radius 2 is 1.94 bits per heavy atom. The van der Waals surface area contributed by atoms with Gasteiger partial charge in [0.25, 0.3) is 0 Å². The van der Waals surface area contributed by atoms with Crippen LogP contribution in [0.5, 0.6) is 0 Å². The Kier molecular flexibility index (Phi) is 5.83. The van der Waals surface area contributed by atoms with Gasteiger partial charge in [0.2, 0.25) is 0 Å². The maximum atomic E-state index is 6.05. The first-order valence-corrected chi connectivity index (χ1v) is 6.69. The molecule has 0 heterocycles. The maximum absolute atomic E-state index is 6.05. The summed E-state index contributed by atoms with van der Waals surface area (Å²) in [7, 11) is 0. The predicted octanol–water partition coefficient (Wildman–Crippen LogP) is 4.45. The number of anilines is 1. The van der Waals surface area contributed by atoms with E-state index in [0.29, 0.717) is 20.8 Å². The lowest BCUT2D eigenvalue weighted by Gasteiger charge is -2.12. The van der Waals surface area contributed by atoms with Crippen LogP contribution in [0, 0.1) is 0 Å². The quantitative estimate of drug-likeness (QED) is 0.794. The first kappa shape index (κ1) is 14.0. The highest BCUT2D eigenvalue weighted by molar-refractivity contribution is 9.10. The molecule has 0 unspecified atom stereocenters. The molecule has 0 saturated heterocycles. The number of hydrogen-bond donors (Lipinski definition) is 2. The van der Waals surface area contributed by atoms with Gasteiger partial charge in [0.15, 0.2) is 5.11 Å². The third-order valence-corrected chi connectivity index (χ3v) is 3.08. The highest BCUT2D eigenvalue weighted by atomic mass is 79.9. The Labute approximate surface area is 119 Å². The second kappa shape index (κ2) is 6.64. The number of hydrogen-bond acceptors (Lipinski definition) is 1. The van der Waals surface area contributed by atoms with Crippen LogP contribution >= 0.6 is 51.3 Å². The summed E-state index contributed by atoms with van der Waals surface area (Å²) in [6.07, 6.45) is 1.00. The standard InChI is InChI=1S/C10H11BrCl2N2S/c1-2-3-14-10(16)15-9-7(12)4-6(11)5-8(9)13/h4-5H,2-3H2,1H3,(H2,14,15,16). The number of benzene rings is 1. The van der Waals surface area contributed by atoms with Crippen molar-refractivity contribution in [3.05, 3.63) is 26.7 Å². The van der Waals surface area contributed by atoms with Gasteiger partial charge in [-0.1, -0.05) is 46.1 Å². The van der Waals surface area contributed by atoms with Crippen LogP contribution in [0.3, 0.4) is 0 Å². The van der Waals surface area contributed by atoms with Crippen molar-refractivity contribution in [2.24, 2.45) is 0 Å². The van der Waals surface area contributed by atoms with Crippen LogP contribution in [-0.2, 0) is 0 Å². The van der Waals surface area contributed by atoms with Crippen molar-refractivity contribution in [2.45, 2.75) is 13.3 Å². The minimum atomic E-state index is 0.521. The van der Waals surface area contributed by atoms with E-state index in [0.717, 1.165) is 17.4 Å². The summed E-state index contributed by atoms with van der Waals surface area (Å²) in [6, 6.07) is 3.52. The second-order valence-corrected chi connectivity index (χ2v) is 5.26. The molecule has 0 amide bonds. The van der Waals surface area contributed by atoms with Crippen LogP contribution in [0.15, 0.2) is 16.6 Å². The SMILES string of the molecule is CCCNC(=S)Nc1c(Cl)cc(Br)cc1Cl. The fraction of sp³-hybridized carbons (Fsp3) is 0.300. The van der Waals surface area contributed by atoms with Crippen molar-refractivity contribution in [1.29, 1.82) is 0 Å². The lowest BCUT2D eigenvalue weighted by molar-refractivity contribution is 0.846. The summed E-state index contributed by atoms with van der Waals surface area (Å²) in [4.78, 5) is 0. The number of halogens is 3. The summed E-state index contributed by atoms with van der Waals surface area (Å²) in [5, 5.41) is 7.59. The van der Waals surface area contributed by atoms with Gasteiger partial charge in [0.05, 0.1) is 15.7 Å². The van der Waals surface area contributed by atoms with E-state index in [1.165, 1.54) is 0 Å². The molecule has 2 N–H and O–H groups in total. The Morgan fingerprint density at radius 1 is 1.38 bits per heavy atom. The molecule has 0 fully saturated rings. The minimum Gasteiger partial charge on any atom is -0.362 e. The molecule has 88 valence electrons. The monoisotopic (exact) mass is 340 g/mol. The third kappa shape index (κ3) is 4.09. The van der Waals surface area contributed by atoms with E-state index < -0.39 is 0 Å². The molecule has 0 aromatic heterocycles. The molecule has 0 aliphatic carbocycles. The van der Waals surface area contributed by atoms with E-state index in [1.54, 1.807) is 12.1 Å². The zero-order chi connectivity index (χ0) is 12.1. The first-order chi connectivity index (χ1) is 7.54. The summed E-state index contributed by atoms with van der Waals surface area (Å²) in [5.74, 6) is 0. The van der Waals surface area contributed by atoms with Gasteiger partial charge >= 0.3 is 0 Å². The maximum Gasteiger partial charge on any atom is 0.170 e. The molecule has 1 aromatic carbocycles. The van der Waals surface area contributed by atoms with E-state index in [-0.39, 0.29) is 0 Å². The largest absolute Gasteiger partial charge is 0.362 e. The van der Waals surface area contributed by atoms with Gasteiger partial charge in [-0.15, -0.1) is 0 Å². The van der Waals surface area contributed by atoms with Crippen LogP contribution in [-0.4, -0.2) is 11.7 Å². The smallest absolute Gasteiger partial charge is 0.170 e. The summed E-state index contributed by atoms with van der Waals surface area (Å²) < 4.78 is 0.834. The second-order valence-electron chi connectivity index (χ2n) is 3.13. The molecule has 16 heavy (non-hydrogen) atoms. The molecule has 0 radical (unpaired) electrons. The number of rotatable bonds is 3. The van der Waals surface area contributed by atoms with Crippen LogP contribution in [0.2, 0.25) is 10.0 Å². The Bertz CT molecular complexity index is 375. The van der Waals surface area contributed by atoms with Crippen molar-refractivity contribution < 1.29 is 0 Å². The molecule has 0 atom stereocenters. The van der Waals surface area contributed by atoms with Gasteiger partial charge in [0.1, 0.15) is 0 Å². The Morgan fingerprint density at radius 3 is 2.44 bits per heavy atom. The van der Waals surface area contributed by atoms with Gasteiger partial charge in [-0.25, -0.2) is 0 Å². The Hall–Kier alpha value is -0.0300. The van der Waals surface area contributed by atoms with Gasteiger partial charge in [-0.3, -0.25) is 0 Å². The first-order valence-electron chi connectivity index (χ1n) is 4.74. The molecule has 0 saturated carbocycles. The molecular formula is C10H11BrCl2N2S. The van der Waals surface area contributed by atoms with E-state index in [2.05, 4.69) is 33.5 Å². The summed E-state index contributed by atoms with van der Waals surface area (Å²) in [5.41, 5.74) is 0.625. The summed E-state index contributed by atoms with van der Waals surface area (Å²) in [6.45, 7) is 2.88. The van der Waals surface area contributed by atoms with Gasteiger partial charge in [-0.05, 0) is 30.8 Å². The number of thiocarbonyl (C=S) groups is 1. The van der Waals surface area contributed by atoms with Gasteiger partial charge in [-0.2, -0.15) is 0 Å². The Balaban J connectivity index is 2.77. The molecule has 6 heteroatoms. The van der Waals surface area contributed by atoms with Crippen LogP contribution in [0.4, 0.5) is 5.69 Å². The molecular weight excluding hydrogens is 331 g/mol.